The Morgan fingerprint density at radius 1 is 0.958 bits per heavy atom. The first kappa shape index (κ1) is 17.5. The largest absolute Gasteiger partial charge is 0.338 e. The maximum absolute atomic E-state index is 12.6. The van der Waals surface area contributed by atoms with Gasteiger partial charge in [0.1, 0.15) is 0 Å². The van der Waals surface area contributed by atoms with Crippen LogP contribution in [0.1, 0.15) is 34.8 Å². The first-order valence-electron chi connectivity index (χ1n) is 8.03. The fraction of sp³-hybridized carbons (Fsp3) is 0.263. The van der Waals surface area contributed by atoms with E-state index in [1.54, 1.807) is 24.3 Å². The van der Waals surface area contributed by atoms with Gasteiger partial charge >= 0.3 is 6.03 Å². The van der Waals surface area contributed by atoms with Gasteiger partial charge in [-0.25, -0.2) is 4.79 Å². The molecule has 0 fully saturated rings. The lowest BCUT2D eigenvalue weighted by Crippen LogP contribution is -2.30. The minimum absolute atomic E-state index is 0.258. The number of amides is 3. The van der Waals surface area contributed by atoms with Crippen LogP contribution in [0.4, 0.5) is 16.2 Å². The second-order valence-electron chi connectivity index (χ2n) is 5.76. The molecule has 3 amide bonds. The van der Waals surface area contributed by atoms with Gasteiger partial charge in [-0.15, -0.1) is 0 Å². The van der Waals surface area contributed by atoms with Crippen molar-refractivity contribution >= 4 is 23.3 Å². The molecule has 0 aliphatic heterocycles. The van der Waals surface area contributed by atoms with Crippen LogP contribution >= 0.6 is 0 Å². The van der Waals surface area contributed by atoms with Gasteiger partial charge in [-0.1, -0.05) is 25.1 Å². The molecule has 24 heavy (non-hydrogen) atoms. The molecule has 3 N–H and O–H groups in total. The number of para-hydroxylation sites is 1. The summed E-state index contributed by atoms with van der Waals surface area (Å²) >= 11 is 0. The second-order valence-corrected chi connectivity index (χ2v) is 5.76. The Bertz CT molecular complexity index is 721. The molecule has 2 rings (SSSR count). The Morgan fingerprint density at radius 2 is 1.62 bits per heavy atom. The third kappa shape index (κ3) is 4.84. The van der Waals surface area contributed by atoms with Crippen LogP contribution in [0, 0.1) is 13.8 Å². The Labute approximate surface area is 142 Å². The van der Waals surface area contributed by atoms with E-state index < -0.39 is 0 Å². The van der Waals surface area contributed by atoms with Crippen molar-refractivity contribution in [2.45, 2.75) is 27.2 Å². The van der Waals surface area contributed by atoms with Gasteiger partial charge in [0.15, 0.2) is 0 Å². The van der Waals surface area contributed by atoms with Crippen LogP contribution in [-0.2, 0) is 0 Å². The molecular weight excluding hydrogens is 302 g/mol. The molecule has 0 aliphatic carbocycles. The first-order valence-corrected chi connectivity index (χ1v) is 8.03. The molecule has 0 spiro atoms. The van der Waals surface area contributed by atoms with Gasteiger partial charge in [0.05, 0.1) is 11.3 Å². The lowest BCUT2D eigenvalue weighted by atomic mass is 10.1. The van der Waals surface area contributed by atoms with Crippen molar-refractivity contribution in [1.82, 2.24) is 5.32 Å². The number of aryl methyl sites for hydroxylation is 2. The zero-order chi connectivity index (χ0) is 17.5. The number of anilines is 2. The minimum atomic E-state index is -0.316. The van der Waals surface area contributed by atoms with E-state index in [4.69, 9.17) is 0 Å². The molecule has 5 nitrogen and oxygen atoms in total. The first-order chi connectivity index (χ1) is 11.5. The summed E-state index contributed by atoms with van der Waals surface area (Å²) in [4.78, 5) is 24.4. The van der Waals surface area contributed by atoms with E-state index in [-0.39, 0.29) is 11.9 Å². The molecule has 0 saturated heterocycles. The molecule has 0 aliphatic rings. The van der Waals surface area contributed by atoms with E-state index in [0.29, 0.717) is 17.8 Å². The average molecular weight is 325 g/mol. The number of benzene rings is 2. The smallest absolute Gasteiger partial charge is 0.319 e. The van der Waals surface area contributed by atoms with Gasteiger partial charge in [0, 0.05) is 12.2 Å². The number of carbonyl (C=O) groups excluding carboxylic acids is 2. The molecule has 126 valence electrons. The monoisotopic (exact) mass is 325 g/mol. The summed E-state index contributed by atoms with van der Waals surface area (Å²) in [5, 5.41) is 8.34. The fourth-order valence-electron chi connectivity index (χ4n) is 2.44. The summed E-state index contributed by atoms with van der Waals surface area (Å²) in [6.45, 7) is 6.53. The molecule has 2 aromatic carbocycles. The topological polar surface area (TPSA) is 70.2 Å². The maximum Gasteiger partial charge on any atom is 0.319 e. The van der Waals surface area contributed by atoms with Crippen molar-refractivity contribution in [3.05, 3.63) is 59.2 Å². The number of hydrogen-bond donors (Lipinski definition) is 3. The van der Waals surface area contributed by atoms with Gasteiger partial charge in [-0.2, -0.15) is 0 Å². The molecule has 2 aromatic rings. The van der Waals surface area contributed by atoms with Gasteiger partial charge in [0.2, 0.25) is 0 Å². The molecular formula is C19H23N3O2. The molecule has 0 unspecified atom stereocenters. The highest BCUT2D eigenvalue weighted by atomic mass is 16.2. The van der Waals surface area contributed by atoms with Crippen molar-refractivity contribution < 1.29 is 9.59 Å². The Morgan fingerprint density at radius 3 is 2.29 bits per heavy atom. The summed E-state index contributed by atoms with van der Waals surface area (Å²) in [6.07, 6.45) is 0.849. The number of urea groups is 1. The standard InChI is InChI=1S/C19H23N3O2/c1-4-9-20-19(24)22-17-8-6-5-7-16(17)18(23)21-15-11-13(2)10-14(3)12-15/h5-8,10-12H,4,9H2,1-3H3,(H,21,23)(H2,20,22,24). The molecule has 5 heteroatoms. The summed E-state index contributed by atoms with van der Waals surface area (Å²) in [7, 11) is 0. The molecule has 0 heterocycles. The average Bonchev–Trinajstić information content (AvgIpc) is 2.52. The summed E-state index contributed by atoms with van der Waals surface area (Å²) in [5.74, 6) is -0.258. The summed E-state index contributed by atoms with van der Waals surface area (Å²) < 4.78 is 0. The van der Waals surface area contributed by atoms with Gasteiger partial charge in [-0.05, 0) is 55.7 Å². The Balaban J connectivity index is 2.15. The highest BCUT2D eigenvalue weighted by Gasteiger charge is 2.13. The maximum atomic E-state index is 12.6. The number of rotatable bonds is 5. The summed E-state index contributed by atoms with van der Waals surface area (Å²) in [5.41, 5.74) is 3.80. The normalized spacial score (nSPS) is 10.1. The van der Waals surface area contributed by atoms with Crippen molar-refractivity contribution in [3.8, 4) is 0 Å². The van der Waals surface area contributed by atoms with E-state index in [0.717, 1.165) is 23.2 Å². The zero-order valence-electron chi connectivity index (χ0n) is 14.3. The van der Waals surface area contributed by atoms with Crippen molar-refractivity contribution in [2.24, 2.45) is 0 Å². The third-order valence-corrected chi connectivity index (χ3v) is 3.44. The molecule has 0 bridgehead atoms. The van der Waals surface area contributed by atoms with Crippen molar-refractivity contribution in [1.29, 1.82) is 0 Å². The zero-order valence-corrected chi connectivity index (χ0v) is 14.3. The third-order valence-electron chi connectivity index (χ3n) is 3.44. The van der Waals surface area contributed by atoms with Gasteiger partial charge in [-0.3, -0.25) is 4.79 Å². The van der Waals surface area contributed by atoms with E-state index in [1.165, 1.54) is 0 Å². The molecule has 0 saturated carbocycles. The second kappa shape index (κ2) is 8.15. The molecule has 0 atom stereocenters. The molecule has 0 aromatic heterocycles. The number of hydrogen-bond acceptors (Lipinski definition) is 2. The van der Waals surface area contributed by atoms with Crippen molar-refractivity contribution in [3.63, 3.8) is 0 Å². The quantitative estimate of drug-likeness (QED) is 0.775. The SMILES string of the molecule is CCCNC(=O)Nc1ccccc1C(=O)Nc1cc(C)cc(C)c1. The van der Waals surface area contributed by atoms with Crippen LogP contribution < -0.4 is 16.0 Å². The van der Waals surface area contributed by atoms with Crippen LogP contribution in [-0.4, -0.2) is 18.5 Å². The van der Waals surface area contributed by atoms with Crippen LogP contribution in [0.5, 0.6) is 0 Å². The van der Waals surface area contributed by atoms with Crippen LogP contribution in [0.15, 0.2) is 42.5 Å². The lowest BCUT2D eigenvalue weighted by molar-refractivity contribution is 0.102. The summed E-state index contributed by atoms with van der Waals surface area (Å²) in [6, 6.07) is 12.5. The van der Waals surface area contributed by atoms with Gasteiger partial charge in [0.25, 0.3) is 5.91 Å². The van der Waals surface area contributed by atoms with E-state index in [1.807, 2.05) is 39.0 Å². The lowest BCUT2D eigenvalue weighted by Gasteiger charge is -2.12. The minimum Gasteiger partial charge on any atom is -0.338 e. The van der Waals surface area contributed by atoms with E-state index >= 15 is 0 Å². The van der Waals surface area contributed by atoms with Crippen LogP contribution in [0.25, 0.3) is 0 Å². The van der Waals surface area contributed by atoms with Crippen LogP contribution in [0.2, 0.25) is 0 Å². The van der Waals surface area contributed by atoms with E-state index in [9.17, 15) is 9.59 Å². The highest BCUT2D eigenvalue weighted by molar-refractivity contribution is 6.10. The fourth-order valence-corrected chi connectivity index (χ4v) is 2.44. The predicted octanol–water partition coefficient (Wildman–Crippen LogP) is 4.09. The van der Waals surface area contributed by atoms with E-state index in [2.05, 4.69) is 16.0 Å². The number of carbonyl (C=O) groups is 2. The van der Waals surface area contributed by atoms with Crippen LogP contribution in [0.3, 0.4) is 0 Å². The Hall–Kier alpha value is -2.82. The Kier molecular flexibility index (Phi) is 5.95. The predicted molar refractivity (Wildman–Crippen MR) is 97.6 cm³/mol. The molecule has 0 radical (unpaired) electrons. The highest BCUT2D eigenvalue weighted by Crippen LogP contribution is 2.19. The van der Waals surface area contributed by atoms with Crippen molar-refractivity contribution in [2.75, 3.05) is 17.2 Å². The van der Waals surface area contributed by atoms with Gasteiger partial charge < -0.3 is 16.0 Å². The number of nitrogens with one attached hydrogen (secondary N) is 3.